The van der Waals surface area contributed by atoms with Gasteiger partial charge in [-0.25, -0.2) is 0 Å². The summed E-state index contributed by atoms with van der Waals surface area (Å²) < 4.78 is 0.805. The fourth-order valence-corrected chi connectivity index (χ4v) is 2.78. The Morgan fingerprint density at radius 3 is 2.52 bits per heavy atom. The Labute approximate surface area is 136 Å². The van der Waals surface area contributed by atoms with Gasteiger partial charge in [-0.2, -0.15) is 0 Å². The Kier molecular flexibility index (Phi) is 3.74. The highest BCUT2D eigenvalue weighted by Gasteiger charge is 2.29. The number of anilines is 1. The van der Waals surface area contributed by atoms with Crippen molar-refractivity contribution in [2.45, 2.75) is 0 Å². The van der Waals surface area contributed by atoms with Crippen molar-refractivity contribution < 1.29 is 5.11 Å². The highest BCUT2D eigenvalue weighted by Crippen LogP contribution is 2.34. The number of aliphatic hydroxyl groups excluding tert-OH is 1. The van der Waals surface area contributed by atoms with E-state index in [1.807, 2.05) is 42.5 Å². The molecule has 1 aliphatic heterocycles. The highest BCUT2D eigenvalue weighted by atomic mass is 79.9. The Balaban J connectivity index is 1.96. The van der Waals surface area contributed by atoms with E-state index in [-0.39, 0.29) is 18.1 Å². The minimum atomic E-state index is 0.199. The van der Waals surface area contributed by atoms with Crippen molar-refractivity contribution in [3.05, 3.63) is 69.3 Å². The molecule has 2 aromatic carbocycles. The summed E-state index contributed by atoms with van der Waals surface area (Å²) in [6, 6.07) is 14.9. The van der Waals surface area contributed by atoms with Crippen LogP contribution in [0.25, 0.3) is 5.57 Å². The smallest absolute Gasteiger partial charge is 0.137 e. The molecule has 1 heterocycles. The van der Waals surface area contributed by atoms with E-state index >= 15 is 0 Å². The molecule has 0 amide bonds. The van der Waals surface area contributed by atoms with Gasteiger partial charge in [0.25, 0.3) is 0 Å². The van der Waals surface area contributed by atoms with E-state index in [4.69, 9.17) is 17.0 Å². The molecule has 0 saturated heterocycles. The SMILES string of the molecule is N=C1C(c2ccccc2)=C(O)CN1c1ccc(Br)c(Cl)c1. The lowest BCUT2D eigenvalue weighted by Gasteiger charge is -2.19. The van der Waals surface area contributed by atoms with E-state index in [9.17, 15) is 5.11 Å². The van der Waals surface area contributed by atoms with Crippen molar-refractivity contribution in [1.82, 2.24) is 0 Å². The van der Waals surface area contributed by atoms with Crippen molar-refractivity contribution in [3.63, 3.8) is 0 Å². The molecule has 0 saturated carbocycles. The monoisotopic (exact) mass is 362 g/mol. The van der Waals surface area contributed by atoms with Gasteiger partial charge >= 0.3 is 0 Å². The zero-order valence-electron chi connectivity index (χ0n) is 11.0. The van der Waals surface area contributed by atoms with Gasteiger partial charge in [-0.15, -0.1) is 0 Å². The number of halogens is 2. The molecule has 3 rings (SSSR count). The molecule has 0 radical (unpaired) electrons. The van der Waals surface area contributed by atoms with E-state index in [0.717, 1.165) is 15.7 Å². The normalized spacial score (nSPS) is 15.0. The molecule has 0 atom stereocenters. The number of hydrogen-bond donors (Lipinski definition) is 2. The first kappa shape index (κ1) is 14.2. The van der Waals surface area contributed by atoms with Crippen molar-refractivity contribution in [1.29, 1.82) is 5.41 Å². The van der Waals surface area contributed by atoms with Crippen LogP contribution in [-0.2, 0) is 0 Å². The van der Waals surface area contributed by atoms with Gasteiger partial charge in [0.15, 0.2) is 0 Å². The van der Waals surface area contributed by atoms with Crippen LogP contribution in [0.4, 0.5) is 5.69 Å². The highest BCUT2D eigenvalue weighted by molar-refractivity contribution is 9.10. The summed E-state index contributed by atoms with van der Waals surface area (Å²) in [5.41, 5.74) is 2.19. The number of benzene rings is 2. The van der Waals surface area contributed by atoms with Crippen LogP contribution in [-0.4, -0.2) is 17.5 Å². The molecule has 0 fully saturated rings. The molecule has 106 valence electrons. The minimum Gasteiger partial charge on any atom is -0.510 e. The summed E-state index contributed by atoms with van der Waals surface area (Å²) in [5, 5.41) is 19.1. The fourth-order valence-electron chi connectivity index (χ4n) is 2.36. The molecule has 1 aliphatic rings. The molecule has 2 aromatic rings. The first-order chi connectivity index (χ1) is 10.1. The fraction of sp³-hybridized carbons (Fsp3) is 0.0625. The van der Waals surface area contributed by atoms with Gasteiger partial charge < -0.3 is 10.0 Å². The van der Waals surface area contributed by atoms with Crippen LogP contribution in [0.15, 0.2) is 58.8 Å². The first-order valence-electron chi connectivity index (χ1n) is 6.37. The Hall–Kier alpha value is -1.78. The van der Waals surface area contributed by atoms with E-state index < -0.39 is 0 Å². The van der Waals surface area contributed by atoms with Crippen molar-refractivity contribution in [2.75, 3.05) is 11.4 Å². The zero-order valence-corrected chi connectivity index (χ0v) is 13.3. The van der Waals surface area contributed by atoms with Crippen molar-refractivity contribution >= 4 is 44.6 Å². The largest absolute Gasteiger partial charge is 0.510 e. The zero-order chi connectivity index (χ0) is 15.0. The molecular weight excluding hydrogens is 352 g/mol. The lowest BCUT2D eigenvalue weighted by atomic mass is 10.1. The average Bonchev–Trinajstić information content (AvgIpc) is 2.78. The average molecular weight is 364 g/mol. The number of nitrogens with zero attached hydrogens (tertiary/aromatic N) is 1. The summed E-state index contributed by atoms with van der Waals surface area (Å²) in [6.07, 6.45) is 0. The summed E-state index contributed by atoms with van der Waals surface area (Å²) in [5.74, 6) is 0.474. The van der Waals surface area contributed by atoms with Crippen LogP contribution in [0, 0.1) is 5.41 Å². The third-order valence-corrected chi connectivity index (χ3v) is 4.61. The van der Waals surface area contributed by atoms with Gasteiger partial charge in [-0.05, 0) is 39.7 Å². The van der Waals surface area contributed by atoms with E-state index in [1.165, 1.54) is 0 Å². The summed E-state index contributed by atoms with van der Waals surface area (Å²) >= 11 is 9.46. The molecule has 21 heavy (non-hydrogen) atoms. The quantitative estimate of drug-likeness (QED) is 0.799. The van der Waals surface area contributed by atoms with Gasteiger partial charge in [0.05, 0.1) is 17.1 Å². The van der Waals surface area contributed by atoms with Crippen molar-refractivity contribution in [3.8, 4) is 0 Å². The maximum Gasteiger partial charge on any atom is 0.137 e. The molecule has 0 unspecified atom stereocenters. The summed E-state index contributed by atoms with van der Waals surface area (Å²) in [7, 11) is 0. The summed E-state index contributed by atoms with van der Waals surface area (Å²) in [4.78, 5) is 1.73. The molecule has 3 nitrogen and oxygen atoms in total. The molecule has 0 spiro atoms. The second-order valence-corrected chi connectivity index (χ2v) is 5.98. The second kappa shape index (κ2) is 5.54. The van der Waals surface area contributed by atoms with E-state index in [0.29, 0.717) is 10.6 Å². The van der Waals surface area contributed by atoms with Gasteiger partial charge in [0.1, 0.15) is 11.6 Å². The topological polar surface area (TPSA) is 47.3 Å². The molecule has 2 N–H and O–H groups in total. The molecule has 0 bridgehead atoms. The number of rotatable bonds is 2. The standard InChI is InChI=1S/C16H12BrClN2O/c17-12-7-6-11(8-13(12)18)20-9-14(21)15(16(20)19)10-4-2-1-3-5-10/h1-8,19,21H,9H2. The lowest BCUT2D eigenvalue weighted by molar-refractivity contribution is 0.411. The van der Waals surface area contributed by atoms with Crippen LogP contribution >= 0.6 is 27.5 Å². The predicted octanol–water partition coefficient (Wildman–Crippen LogP) is 4.87. The van der Waals surface area contributed by atoms with Crippen LogP contribution in [0.2, 0.25) is 5.02 Å². The van der Waals surface area contributed by atoms with Gasteiger partial charge in [-0.1, -0.05) is 41.9 Å². The Bertz CT molecular complexity index is 743. The van der Waals surface area contributed by atoms with Gasteiger partial charge in [0, 0.05) is 10.2 Å². The lowest BCUT2D eigenvalue weighted by Crippen LogP contribution is -2.25. The van der Waals surface area contributed by atoms with Crippen LogP contribution < -0.4 is 4.90 Å². The first-order valence-corrected chi connectivity index (χ1v) is 7.54. The van der Waals surface area contributed by atoms with Crippen molar-refractivity contribution in [2.24, 2.45) is 0 Å². The number of aliphatic hydroxyl groups is 1. The van der Waals surface area contributed by atoms with E-state index in [1.54, 1.807) is 11.0 Å². The summed E-state index contributed by atoms with van der Waals surface area (Å²) in [6.45, 7) is 0.279. The second-order valence-electron chi connectivity index (χ2n) is 4.72. The van der Waals surface area contributed by atoms with Crippen LogP contribution in [0.3, 0.4) is 0 Å². The van der Waals surface area contributed by atoms with Gasteiger partial charge in [0.2, 0.25) is 0 Å². The molecule has 0 aromatic heterocycles. The van der Waals surface area contributed by atoms with Crippen LogP contribution in [0.1, 0.15) is 5.56 Å². The molecule has 0 aliphatic carbocycles. The number of hydrogen-bond acceptors (Lipinski definition) is 2. The maximum absolute atomic E-state index is 10.2. The Morgan fingerprint density at radius 2 is 1.86 bits per heavy atom. The molecule has 5 heteroatoms. The minimum absolute atomic E-state index is 0.199. The maximum atomic E-state index is 10.2. The third-order valence-electron chi connectivity index (χ3n) is 3.38. The number of nitrogens with one attached hydrogen (secondary N) is 1. The third kappa shape index (κ3) is 2.57. The van der Waals surface area contributed by atoms with E-state index in [2.05, 4.69) is 15.9 Å². The number of amidine groups is 1. The molecular formula is C16H12BrClN2O. The predicted molar refractivity (Wildman–Crippen MR) is 90.2 cm³/mol. The van der Waals surface area contributed by atoms with Gasteiger partial charge in [-0.3, -0.25) is 5.41 Å². The van der Waals surface area contributed by atoms with Crippen LogP contribution in [0.5, 0.6) is 0 Å². The Morgan fingerprint density at radius 1 is 1.14 bits per heavy atom.